The zero-order valence-corrected chi connectivity index (χ0v) is 9.77. The Hall–Kier alpha value is -1.03. The van der Waals surface area contributed by atoms with Crippen LogP contribution in [-0.4, -0.2) is 6.54 Å². The summed E-state index contributed by atoms with van der Waals surface area (Å²) in [5, 5.41) is 3.16. The van der Waals surface area contributed by atoms with Gasteiger partial charge in [-0.15, -0.1) is 0 Å². The molecule has 2 rings (SSSR count). The Bertz CT molecular complexity index is 402. The molecule has 4 heteroatoms. The molecule has 1 N–H and O–H groups in total. The second kappa shape index (κ2) is 5.08. The van der Waals surface area contributed by atoms with Crippen LogP contribution < -0.4 is 5.32 Å². The first-order chi connectivity index (χ1) is 8.13. The number of benzene rings is 1. The van der Waals surface area contributed by atoms with Crippen molar-refractivity contribution < 1.29 is 13.2 Å². The quantitative estimate of drug-likeness (QED) is 0.797. The molecule has 1 aromatic rings. The highest BCUT2D eigenvalue weighted by Gasteiger charge is 2.30. The molecule has 1 fully saturated rings. The number of hydrogen-bond donors (Lipinski definition) is 1. The molecule has 0 saturated heterocycles. The molecule has 1 aromatic carbocycles. The molecule has 1 aliphatic rings. The molecule has 1 nitrogen and oxygen atoms in total. The summed E-state index contributed by atoms with van der Waals surface area (Å²) in [5.74, 6) is -2.45. The summed E-state index contributed by atoms with van der Waals surface area (Å²) in [6, 6.07) is 1.41. The second-order valence-corrected chi connectivity index (χ2v) is 4.51. The van der Waals surface area contributed by atoms with Crippen LogP contribution in [0, 0.1) is 23.4 Å². The van der Waals surface area contributed by atoms with Crippen LogP contribution in [0.15, 0.2) is 12.1 Å². The monoisotopic (exact) mass is 243 g/mol. The molecule has 1 aliphatic carbocycles. The normalized spacial score (nSPS) is 17.9. The van der Waals surface area contributed by atoms with Crippen molar-refractivity contribution >= 4 is 0 Å². The van der Waals surface area contributed by atoms with Crippen molar-refractivity contribution in [3.63, 3.8) is 0 Å². The molecular weight excluding hydrogens is 227 g/mol. The van der Waals surface area contributed by atoms with Gasteiger partial charge in [0.05, 0.1) is 0 Å². The fourth-order valence-electron chi connectivity index (χ4n) is 2.30. The van der Waals surface area contributed by atoms with Crippen LogP contribution in [0.25, 0.3) is 0 Å². The molecule has 0 aromatic heterocycles. The van der Waals surface area contributed by atoms with Crippen LogP contribution >= 0.6 is 0 Å². The van der Waals surface area contributed by atoms with Crippen molar-refractivity contribution in [2.24, 2.45) is 5.92 Å². The van der Waals surface area contributed by atoms with E-state index in [1.54, 1.807) is 0 Å². The topological polar surface area (TPSA) is 12.0 Å². The van der Waals surface area contributed by atoms with Gasteiger partial charge in [-0.25, -0.2) is 13.2 Å². The first-order valence-electron chi connectivity index (χ1n) is 6.01. The third-order valence-corrected chi connectivity index (χ3v) is 3.42. The Morgan fingerprint density at radius 1 is 1.18 bits per heavy atom. The summed E-state index contributed by atoms with van der Waals surface area (Å²) in [6.07, 6.45) is 3.14. The fourth-order valence-corrected chi connectivity index (χ4v) is 2.30. The van der Waals surface area contributed by atoms with Gasteiger partial charge in [-0.1, -0.05) is 13.3 Å². The lowest BCUT2D eigenvalue weighted by Crippen LogP contribution is -2.32. The van der Waals surface area contributed by atoms with Crippen LogP contribution in [0.3, 0.4) is 0 Å². The minimum absolute atomic E-state index is 0.205. The van der Waals surface area contributed by atoms with Crippen LogP contribution in [0.2, 0.25) is 0 Å². The van der Waals surface area contributed by atoms with Crippen LogP contribution in [0.5, 0.6) is 0 Å². The van der Waals surface area contributed by atoms with Gasteiger partial charge >= 0.3 is 0 Å². The zero-order chi connectivity index (χ0) is 12.4. The van der Waals surface area contributed by atoms with Crippen molar-refractivity contribution in [1.82, 2.24) is 5.32 Å². The molecular formula is C13H16F3N. The minimum Gasteiger partial charge on any atom is -0.310 e. The largest absolute Gasteiger partial charge is 0.310 e. The van der Waals surface area contributed by atoms with E-state index < -0.39 is 17.5 Å². The van der Waals surface area contributed by atoms with E-state index in [9.17, 15) is 13.2 Å². The number of nitrogens with one attached hydrogen (secondary N) is 1. The highest BCUT2D eigenvalue weighted by atomic mass is 19.2. The number of rotatable bonds is 4. The maximum absolute atomic E-state index is 13.7. The van der Waals surface area contributed by atoms with Gasteiger partial charge in [-0.2, -0.15) is 0 Å². The van der Waals surface area contributed by atoms with Gasteiger partial charge in [0.25, 0.3) is 0 Å². The predicted octanol–water partition coefficient (Wildman–Crippen LogP) is 3.55. The summed E-state index contributed by atoms with van der Waals surface area (Å²) in [7, 11) is 0. The van der Waals surface area contributed by atoms with Crippen LogP contribution in [0.4, 0.5) is 13.2 Å². The van der Waals surface area contributed by atoms with E-state index in [-0.39, 0.29) is 11.6 Å². The molecule has 0 heterocycles. The number of hydrogen-bond acceptors (Lipinski definition) is 1. The summed E-state index contributed by atoms with van der Waals surface area (Å²) in [6.45, 7) is 2.60. The maximum Gasteiger partial charge on any atom is 0.161 e. The molecule has 94 valence electrons. The lowest BCUT2D eigenvalue weighted by atomic mass is 9.77. The maximum atomic E-state index is 13.7. The third-order valence-electron chi connectivity index (χ3n) is 3.42. The highest BCUT2D eigenvalue weighted by Crippen LogP contribution is 2.38. The zero-order valence-electron chi connectivity index (χ0n) is 9.77. The third kappa shape index (κ3) is 2.46. The van der Waals surface area contributed by atoms with Crippen molar-refractivity contribution in [1.29, 1.82) is 0 Å². The molecule has 0 radical (unpaired) electrons. The van der Waals surface area contributed by atoms with Crippen LogP contribution in [0.1, 0.15) is 37.8 Å². The molecule has 0 amide bonds. The smallest absolute Gasteiger partial charge is 0.161 e. The Kier molecular flexibility index (Phi) is 3.72. The van der Waals surface area contributed by atoms with Gasteiger partial charge in [-0.05, 0) is 31.4 Å². The summed E-state index contributed by atoms with van der Waals surface area (Å²) < 4.78 is 39.7. The second-order valence-electron chi connectivity index (χ2n) is 4.51. The Labute approximate surface area is 99.0 Å². The fraction of sp³-hybridized carbons (Fsp3) is 0.538. The van der Waals surface area contributed by atoms with E-state index >= 15 is 0 Å². The van der Waals surface area contributed by atoms with Crippen molar-refractivity contribution in [3.8, 4) is 0 Å². The molecule has 0 bridgehead atoms. The highest BCUT2D eigenvalue weighted by molar-refractivity contribution is 5.24. The predicted molar refractivity (Wildman–Crippen MR) is 60.1 cm³/mol. The van der Waals surface area contributed by atoms with E-state index in [1.165, 1.54) is 0 Å². The van der Waals surface area contributed by atoms with Gasteiger partial charge < -0.3 is 5.32 Å². The summed E-state index contributed by atoms with van der Waals surface area (Å²) >= 11 is 0. The van der Waals surface area contributed by atoms with Gasteiger partial charge in [0.15, 0.2) is 11.6 Å². The molecule has 17 heavy (non-hydrogen) atoms. The minimum atomic E-state index is -1.13. The van der Waals surface area contributed by atoms with Gasteiger partial charge in [0.2, 0.25) is 0 Å². The Balaban J connectivity index is 2.31. The van der Waals surface area contributed by atoms with E-state index in [0.29, 0.717) is 18.5 Å². The molecule has 0 aliphatic heterocycles. The summed E-state index contributed by atoms with van der Waals surface area (Å²) in [5.41, 5.74) is 0.246. The van der Waals surface area contributed by atoms with E-state index in [2.05, 4.69) is 5.32 Å². The lowest BCUT2D eigenvalue weighted by molar-refractivity contribution is 0.228. The SMILES string of the molecule is CCNC(c1cc(F)c(F)cc1F)C1CCC1. The lowest BCUT2D eigenvalue weighted by Gasteiger charge is -2.34. The average molecular weight is 243 g/mol. The van der Waals surface area contributed by atoms with Gasteiger partial charge in [0, 0.05) is 17.7 Å². The Morgan fingerprint density at radius 2 is 1.82 bits per heavy atom. The van der Waals surface area contributed by atoms with Gasteiger partial charge in [0.1, 0.15) is 5.82 Å². The first-order valence-corrected chi connectivity index (χ1v) is 6.01. The first kappa shape index (κ1) is 12.4. The molecule has 1 saturated carbocycles. The molecule has 1 atom stereocenters. The van der Waals surface area contributed by atoms with Gasteiger partial charge in [-0.3, -0.25) is 0 Å². The van der Waals surface area contributed by atoms with Crippen molar-refractivity contribution in [2.45, 2.75) is 32.2 Å². The van der Waals surface area contributed by atoms with E-state index in [4.69, 9.17) is 0 Å². The van der Waals surface area contributed by atoms with Crippen molar-refractivity contribution in [2.75, 3.05) is 6.54 Å². The molecule has 1 unspecified atom stereocenters. The average Bonchev–Trinajstić information content (AvgIpc) is 2.20. The van der Waals surface area contributed by atoms with E-state index in [0.717, 1.165) is 25.3 Å². The van der Waals surface area contributed by atoms with Crippen molar-refractivity contribution in [3.05, 3.63) is 35.1 Å². The molecule has 0 spiro atoms. The van der Waals surface area contributed by atoms with E-state index in [1.807, 2.05) is 6.92 Å². The van der Waals surface area contributed by atoms with Crippen LogP contribution in [-0.2, 0) is 0 Å². The summed E-state index contributed by atoms with van der Waals surface area (Å²) in [4.78, 5) is 0. The Morgan fingerprint density at radius 3 is 2.35 bits per heavy atom. The number of halogens is 3. The standard InChI is InChI=1S/C13H16F3N/c1-2-17-13(8-4-3-5-8)9-6-11(15)12(16)7-10(9)14/h6-8,13,17H,2-5H2,1H3.